The third kappa shape index (κ3) is 1.51. The van der Waals surface area contributed by atoms with Gasteiger partial charge >= 0.3 is 0 Å². The molecule has 0 aliphatic rings. The molecule has 0 aromatic heterocycles. The summed E-state index contributed by atoms with van der Waals surface area (Å²) in [5.74, 6) is 0. The molecule has 0 bridgehead atoms. The Morgan fingerprint density at radius 3 is 2.58 bits per heavy atom. The van der Waals surface area contributed by atoms with Gasteiger partial charge in [0.2, 0.25) is 0 Å². The van der Waals surface area contributed by atoms with Crippen LogP contribution in [0.3, 0.4) is 0 Å². The standard InChI is InChI=1S/C9H14N2O/c1-6-8(10)3-2-7(4-5-12)9(6)11/h2-3,12H,4-5,10-11H2,1H3. The van der Waals surface area contributed by atoms with E-state index in [1.54, 1.807) is 0 Å². The van der Waals surface area contributed by atoms with Crippen molar-refractivity contribution in [2.24, 2.45) is 0 Å². The van der Waals surface area contributed by atoms with Gasteiger partial charge in [0.1, 0.15) is 0 Å². The lowest BCUT2D eigenvalue weighted by molar-refractivity contribution is 0.300. The van der Waals surface area contributed by atoms with Gasteiger partial charge in [0.15, 0.2) is 0 Å². The molecular weight excluding hydrogens is 152 g/mol. The van der Waals surface area contributed by atoms with Gasteiger partial charge in [-0.05, 0) is 30.5 Å². The highest BCUT2D eigenvalue weighted by Gasteiger charge is 2.03. The molecule has 1 rings (SSSR count). The SMILES string of the molecule is Cc1c(N)ccc(CCO)c1N. The smallest absolute Gasteiger partial charge is 0.0472 e. The molecule has 1 aromatic carbocycles. The first-order valence-electron chi connectivity index (χ1n) is 3.91. The van der Waals surface area contributed by atoms with E-state index in [1.165, 1.54) is 0 Å². The zero-order chi connectivity index (χ0) is 9.14. The molecule has 5 N–H and O–H groups in total. The van der Waals surface area contributed by atoms with Crippen molar-refractivity contribution in [1.29, 1.82) is 0 Å². The molecule has 0 aliphatic carbocycles. The van der Waals surface area contributed by atoms with Gasteiger partial charge in [-0.25, -0.2) is 0 Å². The molecule has 0 saturated carbocycles. The monoisotopic (exact) mass is 166 g/mol. The zero-order valence-electron chi connectivity index (χ0n) is 7.17. The first-order chi connectivity index (χ1) is 5.66. The molecule has 3 nitrogen and oxygen atoms in total. The molecule has 0 aliphatic heterocycles. The van der Waals surface area contributed by atoms with Crippen molar-refractivity contribution in [3.05, 3.63) is 23.3 Å². The quantitative estimate of drug-likeness (QED) is 0.566. The van der Waals surface area contributed by atoms with E-state index in [9.17, 15) is 0 Å². The lowest BCUT2D eigenvalue weighted by Crippen LogP contribution is -2.02. The van der Waals surface area contributed by atoms with E-state index in [1.807, 2.05) is 19.1 Å². The van der Waals surface area contributed by atoms with Crippen LogP contribution < -0.4 is 11.5 Å². The molecule has 3 heteroatoms. The summed E-state index contributed by atoms with van der Waals surface area (Å²) < 4.78 is 0. The molecule has 1 aromatic rings. The highest BCUT2D eigenvalue weighted by molar-refractivity contribution is 5.64. The molecule has 66 valence electrons. The van der Waals surface area contributed by atoms with E-state index in [2.05, 4.69) is 0 Å². The van der Waals surface area contributed by atoms with Crippen LogP contribution in [0.2, 0.25) is 0 Å². The minimum Gasteiger partial charge on any atom is -0.398 e. The van der Waals surface area contributed by atoms with E-state index >= 15 is 0 Å². The molecule has 0 atom stereocenters. The number of hydrogen-bond donors (Lipinski definition) is 3. The van der Waals surface area contributed by atoms with Crippen LogP contribution >= 0.6 is 0 Å². The summed E-state index contributed by atoms with van der Waals surface area (Å²) in [5.41, 5.74) is 14.7. The van der Waals surface area contributed by atoms with Crippen LogP contribution in [0, 0.1) is 6.92 Å². The Kier molecular flexibility index (Phi) is 2.55. The third-order valence-electron chi connectivity index (χ3n) is 2.03. The van der Waals surface area contributed by atoms with E-state index in [-0.39, 0.29) is 6.61 Å². The molecule has 0 heterocycles. The van der Waals surface area contributed by atoms with E-state index in [0.717, 1.165) is 11.1 Å². The lowest BCUT2D eigenvalue weighted by atomic mass is 10.0. The lowest BCUT2D eigenvalue weighted by Gasteiger charge is -2.08. The Hall–Kier alpha value is -1.22. The van der Waals surface area contributed by atoms with Crippen molar-refractivity contribution in [2.45, 2.75) is 13.3 Å². The fourth-order valence-electron chi connectivity index (χ4n) is 1.14. The first-order valence-corrected chi connectivity index (χ1v) is 3.91. The minimum atomic E-state index is 0.119. The number of aliphatic hydroxyl groups excluding tert-OH is 1. The number of nitrogens with two attached hydrogens (primary N) is 2. The van der Waals surface area contributed by atoms with Crippen molar-refractivity contribution in [3.63, 3.8) is 0 Å². The fourth-order valence-corrected chi connectivity index (χ4v) is 1.14. The van der Waals surface area contributed by atoms with Crippen LogP contribution in [0.25, 0.3) is 0 Å². The van der Waals surface area contributed by atoms with Crippen molar-refractivity contribution in [3.8, 4) is 0 Å². The summed E-state index contributed by atoms with van der Waals surface area (Å²) in [5, 5.41) is 8.72. The van der Waals surface area contributed by atoms with Crippen LogP contribution in [0.15, 0.2) is 12.1 Å². The van der Waals surface area contributed by atoms with E-state index < -0.39 is 0 Å². The summed E-state index contributed by atoms with van der Waals surface area (Å²) in [7, 11) is 0. The number of rotatable bonds is 2. The van der Waals surface area contributed by atoms with Crippen LogP contribution in [-0.2, 0) is 6.42 Å². The highest BCUT2D eigenvalue weighted by atomic mass is 16.2. The van der Waals surface area contributed by atoms with E-state index in [0.29, 0.717) is 17.8 Å². The number of aliphatic hydroxyl groups is 1. The molecular formula is C9H14N2O. The predicted molar refractivity (Wildman–Crippen MR) is 50.8 cm³/mol. The Morgan fingerprint density at radius 1 is 1.33 bits per heavy atom. The summed E-state index contributed by atoms with van der Waals surface area (Å²) in [4.78, 5) is 0. The topological polar surface area (TPSA) is 72.3 Å². The minimum absolute atomic E-state index is 0.119. The van der Waals surface area contributed by atoms with Crippen LogP contribution in [0.5, 0.6) is 0 Å². The van der Waals surface area contributed by atoms with Crippen molar-refractivity contribution in [2.75, 3.05) is 18.1 Å². The summed E-state index contributed by atoms with van der Waals surface area (Å²) in [6, 6.07) is 3.67. The maximum Gasteiger partial charge on any atom is 0.0472 e. The normalized spacial score (nSPS) is 10.2. The van der Waals surface area contributed by atoms with Crippen LogP contribution in [-0.4, -0.2) is 11.7 Å². The third-order valence-corrected chi connectivity index (χ3v) is 2.03. The summed E-state index contributed by atoms with van der Waals surface area (Å²) in [6.07, 6.45) is 0.590. The Labute approximate surface area is 72.0 Å². The number of anilines is 2. The second-order valence-electron chi connectivity index (χ2n) is 2.83. The van der Waals surface area contributed by atoms with Gasteiger partial charge in [0.05, 0.1) is 0 Å². The van der Waals surface area contributed by atoms with E-state index in [4.69, 9.17) is 16.6 Å². The Morgan fingerprint density at radius 2 is 2.00 bits per heavy atom. The van der Waals surface area contributed by atoms with Crippen LogP contribution in [0.4, 0.5) is 11.4 Å². The molecule has 12 heavy (non-hydrogen) atoms. The number of hydrogen-bond acceptors (Lipinski definition) is 3. The van der Waals surface area contributed by atoms with Crippen molar-refractivity contribution >= 4 is 11.4 Å². The molecule has 0 radical (unpaired) electrons. The van der Waals surface area contributed by atoms with Gasteiger partial charge in [0.25, 0.3) is 0 Å². The average molecular weight is 166 g/mol. The predicted octanol–water partition coefficient (Wildman–Crippen LogP) is 0.694. The average Bonchev–Trinajstić information content (AvgIpc) is 2.07. The molecule has 0 fully saturated rings. The largest absolute Gasteiger partial charge is 0.398 e. The highest BCUT2D eigenvalue weighted by Crippen LogP contribution is 2.22. The summed E-state index contributed by atoms with van der Waals surface area (Å²) in [6.45, 7) is 2.00. The molecule has 0 spiro atoms. The van der Waals surface area contributed by atoms with Crippen molar-refractivity contribution < 1.29 is 5.11 Å². The molecule has 0 unspecified atom stereocenters. The maximum atomic E-state index is 8.72. The first kappa shape index (κ1) is 8.87. The maximum absolute atomic E-state index is 8.72. The molecule has 0 saturated heterocycles. The van der Waals surface area contributed by atoms with Gasteiger partial charge < -0.3 is 16.6 Å². The number of nitrogen functional groups attached to an aromatic ring is 2. The Balaban J connectivity index is 3.08. The second-order valence-corrected chi connectivity index (χ2v) is 2.83. The van der Waals surface area contributed by atoms with Crippen LogP contribution in [0.1, 0.15) is 11.1 Å². The van der Waals surface area contributed by atoms with Gasteiger partial charge in [-0.2, -0.15) is 0 Å². The van der Waals surface area contributed by atoms with Gasteiger partial charge in [-0.3, -0.25) is 0 Å². The van der Waals surface area contributed by atoms with Gasteiger partial charge in [-0.1, -0.05) is 6.07 Å². The Bertz CT molecular complexity index is 284. The zero-order valence-corrected chi connectivity index (χ0v) is 7.17. The van der Waals surface area contributed by atoms with Gasteiger partial charge in [0, 0.05) is 18.0 Å². The summed E-state index contributed by atoms with van der Waals surface area (Å²) >= 11 is 0. The second kappa shape index (κ2) is 3.45. The molecule has 0 amide bonds. The number of benzene rings is 1. The van der Waals surface area contributed by atoms with Gasteiger partial charge in [-0.15, -0.1) is 0 Å². The fraction of sp³-hybridized carbons (Fsp3) is 0.333. The van der Waals surface area contributed by atoms with Crippen molar-refractivity contribution in [1.82, 2.24) is 0 Å².